The normalized spacial score (nSPS) is 27.2. The van der Waals surface area contributed by atoms with Crippen molar-refractivity contribution in [3.63, 3.8) is 0 Å². The molecule has 1 aromatic heterocycles. The summed E-state index contributed by atoms with van der Waals surface area (Å²) in [6.45, 7) is 11.3. The first-order chi connectivity index (χ1) is 14.6. The molecule has 9 heteroatoms. The molecule has 3 aliphatic rings. The second-order valence-electron chi connectivity index (χ2n) is 8.83. The third-order valence-electron chi connectivity index (χ3n) is 5.97. The number of hydrogen-bond acceptors (Lipinski definition) is 7. The van der Waals surface area contributed by atoms with Gasteiger partial charge in [0.15, 0.2) is 5.11 Å². The number of thiocarbonyl (C=S) groups is 1. The third-order valence-corrected chi connectivity index (χ3v) is 6.21. The summed E-state index contributed by atoms with van der Waals surface area (Å²) in [4.78, 5) is 14.3. The van der Waals surface area contributed by atoms with Crippen molar-refractivity contribution in [1.29, 1.82) is 0 Å². The minimum absolute atomic E-state index is 0.234. The molecule has 0 bridgehead atoms. The molecule has 4 heterocycles. The Kier molecular flexibility index (Phi) is 7.22. The highest BCUT2D eigenvalue weighted by molar-refractivity contribution is 7.80. The summed E-state index contributed by atoms with van der Waals surface area (Å²) in [7, 11) is 0. The van der Waals surface area contributed by atoms with E-state index in [0.29, 0.717) is 29.4 Å². The lowest BCUT2D eigenvalue weighted by Crippen LogP contribution is -2.40. The van der Waals surface area contributed by atoms with Gasteiger partial charge < -0.3 is 29.9 Å². The van der Waals surface area contributed by atoms with Crippen LogP contribution in [0.3, 0.4) is 0 Å². The van der Waals surface area contributed by atoms with Gasteiger partial charge in [0, 0.05) is 45.4 Å². The first kappa shape index (κ1) is 21.5. The highest BCUT2D eigenvalue weighted by atomic mass is 32.1. The van der Waals surface area contributed by atoms with Crippen LogP contribution < -0.4 is 20.4 Å². The van der Waals surface area contributed by atoms with E-state index in [1.807, 2.05) is 0 Å². The lowest BCUT2D eigenvalue weighted by atomic mass is 9.92. The number of piperidine rings is 1. The predicted octanol–water partition coefficient (Wildman–Crippen LogP) is 2.26. The quantitative estimate of drug-likeness (QED) is 0.679. The van der Waals surface area contributed by atoms with Crippen LogP contribution in [0.4, 0.5) is 17.6 Å². The topological polar surface area (TPSA) is 74.8 Å². The van der Waals surface area contributed by atoms with E-state index in [-0.39, 0.29) is 6.10 Å². The van der Waals surface area contributed by atoms with E-state index in [1.165, 1.54) is 6.42 Å². The third kappa shape index (κ3) is 5.70. The van der Waals surface area contributed by atoms with Gasteiger partial charge in [-0.1, -0.05) is 13.8 Å². The number of morpholine rings is 1. The standard InChI is InChI=1S/C21H34N6O2S/c1-15-10-16(2)14-27(13-15)19-11-18(26-5-8-28-9-6-26)23-20(24-19)25-21(30)22-12-17-4-3-7-29-17/h11,15-17H,3-10,12-14H2,1-2H3,(H2,22,23,24,25,30)/t15-,16-,17-/m1/s1. The van der Waals surface area contributed by atoms with Gasteiger partial charge in [0.1, 0.15) is 11.6 Å². The molecule has 4 rings (SSSR count). The molecule has 30 heavy (non-hydrogen) atoms. The van der Waals surface area contributed by atoms with Gasteiger partial charge in [-0.25, -0.2) is 0 Å². The van der Waals surface area contributed by atoms with Gasteiger partial charge in [0.25, 0.3) is 0 Å². The van der Waals surface area contributed by atoms with Crippen molar-refractivity contribution in [2.75, 3.05) is 67.7 Å². The van der Waals surface area contributed by atoms with E-state index in [9.17, 15) is 0 Å². The maximum Gasteiger partial charge on any atom is 0.232 e. The number of nitrogens with one attached hydrogen (secondary N) is 2. The smallest absolute Gasteiger partial charge is 0.232 e. The number of nitrogens with zero attached hydrogens (tertiary/aromatic N) is 4. The summed E-state index contributed by atoms with van der Waals surface area (Å²) in [5.74, 6) is 3.75. The van der Waals surface area contributed by atoms with Crippen LogP contribution in [0.5, 0.6) is 0 Å². The van der Waals surface area contributed by atoms with Gasteiger partial charge in [-0.2, -0.15) is 9.97 Å². The first-order valence-electron chi connectivity index (χ1n) is 11.2. The zero-order valence-electron chi connectivity index (χ0n) is 18.1. The fourth-order valence-electron chi connectivity index (χ4n) is 4.60. The Morgan fingerprint density at radius 1 is 1.10 bits per heavy atom. The molecule has 3 fully saturated rings. The van der Waals surface area contributed by atoms with Crippen molar-refractivity contribution < 1.29 is 9.47 Å². The summed E-state index contributed by atoms with van der Waals surface area (Å²) in [5.41, 5.74) is 0. The van der Waals surface area contributed by atoms with Crippen molar-refractivity contribution in [3.8, 4) is 0 Å². The van der Waals surface area contributed by atoms with Crippen LogP contribution in [0.15, 0.2) is 6.07 Å². The zero-order valence-corrected chi connectivity index (χ0v) is 18.9. The van der Waals surface area contributed by atoms with Gasteiger partial charge in [-0.3, -0.25) is 0 Å². The minimum atomic E-state index is 0.234. The summed E-state index contributed by atoms with van der Waals surface area (Å²) in [6, 6.07) is 2.12. The van der Waals surface area contributed by atoms with E-state index < -0.39 is 0 Å². The summed E-state index contributed by atoms with van der Waals surface area (Å²) in [6.07, 6.45) is 3.69. The van der Waals surface area contributed by atoms with Crippen LogP contribution in [0.1, 0.15) is 33.1 Å². The van der Waals surface area contributed by atoms with Crippen molar-refractivity contribution in [2.24, 2.45) is 11.8 Å². The molecule has 0 aromatic carbocycles. The molecular formula is C21H34N6O2S. The number of aromatic nitrogens is 2. The van der Waals surface area contributed by atoms with E-state index in [4.69, 9.17) is 31.7 Å². The second kappa shape index (κ2) is 10.1. The molecule has 3 saturated heterocycles. The molecule has 0 saturated carbocycles. The molecule has 3 atom stereocenters. The van der Waals surface area contributed by atoms with Gasteiger partial charge in [-0.15, -0.1) is 0 Å². The van der Waals surface area contributed by atoms with Crippen LogP contribution in [-0.2, 0) is 9.47 Å². The fraction of sp³-hybridized carbons (Fsp3) is 0.762. The Hall–Kier alpha value is -1.71. The van der Waals surface area contributed by atoms with Crippen molar-refractivity contribution >= 4 is 34.9 Å². The van der Waals surface area contributed by atoms with E-state index in [1.54, 1.807) is 0 Å². The van der Waals surface area contributed by atoms with E-state index in [2.05, 4.69) is 40.3 Å². The highest BCUT2D eigenvalue weighted by Gasteiger charge is 2.25. The number of ether oxygens (including phenoxy) is 2. The summed E-state index contributed by atoms with van der Waals surface area (Å²) >= 11 is 5.50. The molecule has 0 amide bonds. The number of hydrogen-bond donors (Lipinski definition) is 2. The molecular weight excluding hydrogens is 400 g/mol. The van der Waals surface area contributed by atoms with Crippen LogP contribution in [0.2, 0.25) is 0 Å². The molecule has 3 aliphatic heterocycles. The minimum Gasteiger partial charge on any atom is -0.378 e. The maximum absolute atomic E-state index is 5.66. The first-order valence-corrected chi connectivity index (χ1v) is 11.6. The van der Waals surface area contributed by atoms with Crippen LogP contribution in [0, 0.1) is 11.8 Å². The lowest BCUT2D eigenvalue weighted by Gasteiger charge is -2.36. The number of anilines is 3. The van der Waals surface area contributed by atoms with Crippen LogP contribution >= 0.6 is 12.2 Å². The van der Waals surface area contributed by atoms with Gasteiger partial charge in [-0.05, 0) is 43.3 Å². The summed E-state index contributed by atoms with van der Waals surface area (Å²) < 4.78 is 11.2. The Morgan fingerprint density at radius 3 is 2.47 bits per heavy atom. The average molecular weight is 435 g/mol. The lowest BCUT2D eigenvalue weighted by molar-refractivity contribution is 0.114. The molecule has 1 aromatic rings. The van der Waals surface area contributed by atoms with Gasteiger partial charge in [0.2, 0.25) is 5.95 Å². The van der Waals surface area contributed by atoms with Crippen LogP contribution in [0.25, 0.3) is 0 Å². The highest BCUT2D eigenvalue weighted by Crippen LogP contribution is 2.28. The van der Waals surface area contributed by atoms with Crippen molar-refractivity contribution in [1.82, 2.24) is 15.3 Å². The molecule has 0 aliphatic carbocycles. The molecule has 0 spiro atoms. The average Bonchev–Trinajstić information content (AvgIpc) is 3.26. The van der Waals surface area contributed by atoms with E-state index >= 15 is 0 Å². The molecule has 2 N–H and O–H groups in total. The predicted molar refractivity (Wildman–Crippen MR) is 123 cm³/mol. The summed E-state index contributed by atoms with van der Waals surface area (Å²) in [5, 5.41) is 7.00. The Bertz CT molecular complexity index is 713. The molecule has 0 unspecified atom stereocenters. The fourth-order valence-corrected chi connectivity index (χ4v) is 4.78. The Labute approximate surface area is 184 Å². The number of rotatable bonds is 5. The van der Waals surface area contributed by atoms with Crippen molar-refractivity contribution in [3.05, 3.63) is 6.07 Å². The molecule has 8 nitrogen and oxygen atoms in total. The Morgan fingerprint density at radius 2 is 1.80 bits per heavy atom. The zero-order chi connectivity index (χ0) is 20.9. The monoisotopic (exact) mass is 434 g/mol. The largest absolute Gasteiger partial charge is 0.378 e. The molecule has 166 valence electrons. The maximum atomic E-state index is 5.66. The second-order valence-corrected chi connectivity index (χ2v) is 9.24. The molecule has 0 radical (unpaired) electrons. The van der Waals surface area contributed by atoms with Gasteiger partial charge in [0.05, 0.1) is 19.3 Å². The SMILES string of the molecule is C[C@@H]1C[C@@H](C)CN(c2cc(N3CCOCC3)nc(NC(=S)NC[C@H]3CCCO3)n2)C1. The van der Waals surface area contributed by atoms with Crippen molar-refractivity contribution in [2.45, 2.75) is 39.2 Å². The van der Waals surface area contributed by atoms with Crippen LogP contribution in [-0.4, -0.2) is 73.7 Å². The van der Waals surface area contributed by atoms with Gasteiger partial charge >= 0.3 is 0 Å². The van der Waals surface area contributed by atoms with E-state index in [0.717, 1.165) is 70.5 Å². The Balaban J connectivity index is 1.49.